The van der Waals surface area contributed by atoms with E-state index in [1.54, 1.807) is 24.0 Å². The van der Waals surface area contributed by atoms with E-state index in [9.17, 15) is 14.9 Å². The number of carbonyl (C=O) groups is 1. The van der Waals surface area contributed by atoms with Crippen molar-refractivity contribution in [2.24, 2.45) is 7.05 Å². The number of nitro groups is 1. The van der Waals surface area contributed by atoms with Gasteiger partial charge in [-0.05, 0) is 12.1 Å². The second kappa shape index (κ2) is 5.30. The van der Waals surface area contributed by atoms with E-state index >= 15 is 0 Å². The van der Waals surface area contributed by atoms with Crippen molar-refractivity contribution in [1.29, 1.82) is 0 Å². The summed E-state index contributed by atoms with van der Waals surface area (Å²) in [7, 11) is 1.78. The first-order chi connectivity index (χ1) is 9.10. The minimum atomic E-state index is -0.560. The zero-order chi connectivity index (χ0) is 13.8. The Hall–Kier alpha value is -2.70. The van der Waals surface area contributed by atoms with Crippen LogP contribution in [0.3, 0.4) is 0 Å². The number of aryl methyl sites for hydroxylation is 1. The summed E-state index contributed by atoms with van der Waals surface area (Å²) in [4.78, 5) is 20.9. The highest BCUT2D eigenvalue weighted by molar-refractivity contribution is 5.80. The maximum absolute atomic E-state index is 10.9. The highest BCUT2D eigenvalue weighted by Crippen LogP contribution is 2.23. The smallest absolute Gasteiger partial charge is 0.270 e. The molecule has 0 aliphatic heterocycles. The van der Waals surface area contributed by atoms with Crippen LogP contribution in [0.4, 0.5) is 5.69 Å². The average molecular weight is 261 g/mol. The fourth-order valence-corrected chi connectivity index (χ4v) is 1.56. The Morgan fingerprint density at radius 1 is 1.47 bits per heavy atom. The number of hydrogen-bond donors (Lipinski definition) is 0. The standard InChI is InChI=1S/C12H11N3O4/c1-14-5-4-10(13-14)8-19-12-3-2-11(15(17)18)6-9(12)7-16/h2-7H,8H2,1H3. The molecular formula is C12H11N3O4. The molecule has 0 saturated heterocycles. The van der Waals surface area contributed by atoms with Crippen molar-refractivity contribution >= 4 is 12.0 Å². The first-order valence-corrected chi connectivity index (χ1v) is 5.45. The van der Waals surface area contributed by atoms with Crippen LogP contribution >= 0.6 is 0 Å². The van der Waals surface area contributed by atoms with E-state index in [2.05, 4.69) is 5.10 Å². The van der Waals surface area contributed by atoms with Crippen molar-refractivity contribution in [2.75, 3.05) is 0 Å². The van der Waals surface area contributed by atoms with Gasteiger partial charge in [0.25, 0.3) is 5.69 Å². The van der Waals surface area contributed by atoms with Gasteiger partial charge in [-0.2, -0.15) is 5.10 Å². The summed E-state index contributed by atoms with van der Waals surface area (Å²) in [6, 6.07) is 5.66. The first kappa shape index (κ1) is 12.7. The third-order valence-electron chi connectivity index (χ3n) is 2.48. The van der Waals surface area contributed by atoms with Gasteiger partial charge in [0, 0.05) is 25.4 Å². The summed E-state index contributed by atoms with van der Waals surface area (Å²) in [6.07, 6.45) is 2.30. The Labute approximate surface area is 108 Å². The molecule has 2 aromatic rings. The van der Waals surface area contributed by atoms with Crippen molar-refractivity contribution in [3.63, 3.8) is 0 Å². The summed E-state index contributed by atoms with van der Waals surface area (Å²) >= 11 is 0. The van der Waals surface area contributed by atoms with Gasteiger partial charge in [-0.1, -0.05) is 0 Å². The third-order valence-corrected chi connectivity index (χ3v) is 2.48. The minimum absolute atomic E-state index is 0.144. The lowest BCUT2D eigenvalue weighted by molar-refractivity contribution is -0.384. The Morgan fingerprint density at radius 2 is 2.26 bits per heavy atom. The summed E-state index contributed by atoms with van der Waals surface area (Å²) < 4.78 is 7.07. The molecule has 0 amide bonds. The van der Waals surface area contributed by atoms with E-state index < -0.39 is 4.92 Å². The number of rotatable bonds is 5. The van der Waals surface area contributed by atoms with Gasteiger partial charge in [0.1, 0.15) is 12.4 Å². The molecule has 0 aliphatic rings. The van der Waals surface area contributed by atoms with E-state index in [0.29, 0.717) is 17.7 Å². The molecule has 0 unspecified atom stereocenters. The van der Waals surface area contributed by atoms with Gasteiger partial charge in [-0.3, -0.25) is 19.6 Å². The van der Waals surface area contributed by atoms with Crippen LogP contribution in [-0.2, 0) is 13.7 Å². The number of nitrogens with zero attached hydrogens (tertiary/aromatic N) is 3. The molecule has 0 spiro atoms. The monoisotopic (exact) mass is 261 g/mol. The molecule has 0 saturated carbocycles. The minimum Gasteiger partial charge on any atom is -0.486 e. The van der Waals surface area contributed by atoms with E-state index in [4.69, 9.17) is 4.74 Å². The van der Waals surface area contributed by atoms with Crippen molar-refractivity contribution in [3.05, 3.63) is 51.8 Å². The van der Waals surface area contributed by atoms with E-state index in [1.165, 1.54) is 18.2 Å². The lowest BCUT2D eigenvalue weighted by atomic mass is 10.2. The molecule has 7 heteroatoms. The summed E-state index contributed by atoms with van der Waals surface area (Å²) in [5.74, 6) is 0.297. The summed E-state index contributed by atoms with van der Waals surface area (Å²) in [5, 5.41) is 14.7. The molecule has 0 fully saturated rings. The van der Waals surface area contributed by atoms with Crippen LogP contribution in [0.1, 0.15) is 16.1 Å². The van der Waals surface area contributed by atoms with E-state index in [0.717, 1.165) is 0 Å². The molecule has 1 heterocycles. The summed E-state index contributed by atoms with van der Waals surface area (Å²) in [6.45, 7) is 0.194. The molecule has 0 radical (unpaired) electrons. The molecule has 0 aliphatic carbocycles. The molecule has 0 N–H and O–H groups in total. The Bertz CT molecular complexity index is 621. The van der Waals surface area contributed by atoms with Gasteiger partial charge in [0.2, 0.25) is 0 Å². The molecule has 0 atom stereocenters. The maximum Gasteiger partial charge on any atom is 0.270 e. The van der Waals surface area contributed by atoms with Gasteiger partial charge >= 0.3 is 0 Å². The zero-order valence-corrected chi connectivity index (χ0v) is 10.1. The molecule has 2 rings (SSSR count). The molecule has 0 bridgehead atoms. The maximum atomic E-state index is 10.9. The Balaban J connectivity index is 2.15. The summed E-state index contributed by atoms with van der Waals surface area (Å²) in [5.41, 5.74) is 0.704. The number of hydrogen-bond acceptors (Lipinski definition) is 5. The van der Waals surface area contributed by atoms with Crippen LogP contribution in [0.5, 0.6) is 5.75 Å². The number of nitro benzene ring substituents is 1. The SMILES string of the molecule is Cn1ccc(COc2ccc([N+](=O)[O-])cc2C=O)n1. The molecule has 98 valence electrons. The number of aldehydes is 1. The second-order valence-corrected chi connectivity index (χ2v) is 3.87. The second-order valence-electron chi connectivity index (χ2n) is 3.87. The predicted octanol–water partition coefficient (Wildman–Crippen LogP) is 1.72. The molecule has 19 heavy (non-hydrogen) atoms. The number of benzene rings is 1. The van der Waals surface area contributed by atoms with Gasteiger partial charge in [0.15, 0.2) is 6.29 Å². The third kappa shape index (κ3) is 2.95. The van der Waals surface area contributed by atoms with E-state index in [-0.39, 0.29) is 17.9 Å². The number of ether oxygens (including phenoxy) is 1. The van der Waals surface area contributed by atoms with Crippen LogP contribution in [0.2, 0.25) is 0 Å². The fourth-order valence-electron chi connectivity index (χ4n) is 1.56. The average Bonchev–Trinajstić information content (AvgIpc) is 2.81. The quantitative estimate of drug-likeness (QED) is 0.464. The van der Waals surface area contributed by atoms with Crippen LogP contribution < -0.4 is 4.74 Å². The number of carbonyl (C=O) groups excluding carboxylic acids is 1. The van der Waals surface area contributed by atoms with Crippen LogP contribution in [0, 0.1) is 10.1 Å². The lowest BCUT2D eigenvalue weighted by Crippen LogP contribution is -2.00. The molecule has 7 nitrogen and oxygen atoms in total. The Kier molecular flexibility index (Phi) is 3.56. The normalized spacial score (nSPS) is 10.2. The molecular weight excluding hydrogens is 250 g/mol. The highest BCUT2D eigenvalue weighted by atomic mass is 16.6. The largest absolute Gasteiger partial charge is 0.486 e. The molecule has 1 aromatic heterocycles. The first-order valence-electron chi connectivity index (χ1n) is 5.45. The predicted molar refractivity (Wildman–Crippen MR) is 66.0 cm³/mol. The highest BCUT2D eigenvalue weighted by Gasteiger charge is 2.11. The van der Waals surface area contributed by atoms with Gasteiger partial charge < -0.3 is 4.74 Å². The van der Waals surface area contributed by atoms with E-state index in [1.807, 2.05) is 0 Å². The van der Waals surface area contributed by atoms with Crippen LogP contribution in [0.15, 0.2) is 30.5 Å². The zero-order valence-electron chi connectivity index (χ0n) is 10.1. The Morgan fingerprint density at radius 3 is 2.84 bits per heavy atom. The lowest BCUT2D eigenvalue weighted by Gasteiger charge is -2.06. The van der Waals surface area contributed by atoms with Crippen LogP contribution in [0.25, 0.3) is 0 Å². The van der Waals surface area contributed by atoms with Crippen molar-refractivity contribution in [2.45, 2.75) is 6.61 Å². The topological polar surface area (TPSA) is 87.3 Å². The van der Waals surface area contributed by atoms with Gasteiger partial charge in [-0.15, -0.1) is 0 Å². The van der Waals surface area contributed by atoms with Crippen LogP contribution in [-0.4, -0.2) is 21.0 Å². The molecule has 1 aromatic carbocycles. The number of non-ortho nitro benzene ring substituents is 1. The number of aromatic nitrogens is 2. The van der Waals surface area contributed by atoms with Crippen molar-refractivity contribution in [1.82, 2.24) is 9.78 Å². The fraction of sp³-hybridized carbons (Fsp3) is 0.167. The van der Waals surface area contributed by atoms with Crippen molar-refractivity contribution in [3.8, 4) is 5.75 Å². The van der Waals surface area contributed by atoms with Gasteiger partial charge in [-0.25, -0.2) is 0 Å². The van der Waals surface area contributed by atoms with Crippen molar-refractivity contribution < 1.29 is 14.5 Å². The van der Waals surface area contributed by atoms with Gasteiger partial charge in [0.05, 0.1) is 16.2 Å².